The van der Waals surface area contributed by atoms with Gasteiger partial charge in [-0.05, 0) is 13.0 Å². The van der Waals surface area contributed by atoms with Gasteiger partial charge in [-0.15, -0.1) is 0 Å². The number of nitrogens with two attached hydrogens (primary N) is 1. The van der Waals surface area contributed by atoms with Gasteiger partial charge in [0.2, 0.25) is 5.95 Å². The van der Waals surface area contributed by atoms with Crippen molar-refractivity contribution < 1.29 is 27.5 Å². The van der Waals surface area contributed by atoms with E-state index in [4.69, 9.17) is 10.5 Å². The van der Waals surface area contributed by atoms with E-state index >= 15 is 0 Å². The first-order valence-corrected chi connectivity index (χ1v) is 9.19. The lowest BCUT2D eigenvalue weighted by Crippen LogP contribution is -2.49. The minimum absolute atomic E-state index is 0.162. The lowest BCUT2D eigenvalue weighted by molar-refractivity contribution is -0.138. The monoisotopic (exact) mass is 426 g/mol. The predicted molar refractivity (Wildman–Crippen MR) is 99.7 cm³/mol. The number of aromatic nitrogens is 3. The first-order valence-electron chi connectivity index (χ1n) is 9.19. The molecule has 1 fully saturated rings. The van der Waals surface area contributed by atoms with Crippen LogP contribution in [0.2, 0.25) is 0 Å². The summed E-state index contributed by atoms with van der Waals surface area (Å²) in [6.07, 6.45) is -0.901. The summed E-state index contributed by atoms with van der Waals surface area (Å²) in [5.74, 6) is 0.0369. The lowest BCUT2D eigenvalue weighted by atomic mass is 10.2. The number of carbonyl (C=O) groups excluding carboxylic acids is 2. The van der Waals surface area contributed by atoms with Crippen molar-refractivity contribution in [3.8, 4) is 0 Å². The third-order valence-corrected chi connectivity index (χ3v) is 4.60. The van der Waals surface area contributed by atoms with Crippen LogP contribution in [-0.2, 0) is 17.5 Å². The molecule has 9 nitrogen and oxygen atoms in total. The number of hydrogen-bond acceptors (Lipinski definition) is 6. The maximum atomic E-state index is 12.7. The minimum Gasteiger partial charge on any atom is -0.445 e. The number of anilines is 1. The molecule has 30 heavy (non-hydrogen) atoms. The Morgan fingerprint density at radius 3 is 2.40 bits per heavy atom. The van der Waals surface area contributed by atoms with Crippen LogP contribution < -0.4 is 10.6 Å². The van der Waals surface area contributed by atoms with Crippen molar-refractivity contribution in [3.63, 3.8) is 0 Å². The van der Waals surface area contributed by atoms with Crippen LogP contribution in [0.4, 0.5) is 23.9 Å². The number of alkyl halides is 3. The average molecular weight is 426 g/mol. The van der Waals surface area contributed by atoms with Gasteiger partial charge in [-0.2, -0.15) is 13.2 Å². The van der Waals surface area contributed by atoms with Gasteiger partial charge in [0.25, 0.3) is 5.91 Å². The summed E-state index contributed by atoms with van der Waals surface area (Å²) in [4.78, 5) is 34.5. The van der Waals surface area contributed by atoms with Gasteiger partial charge >= 0.3 is 12.3 Å². The molecule has 2 aromatic rings. The van der Waals surface area contributed by atoms with Crippen molar-refractivity contribution in [1.82, 2.24) is 19.4 Å². The van der Waals surface area contributed by atoms with E-state index < -0.39 is 23.9 Å². The second-order valence-electron chi connectivity index (χ2n) is 6.89. The number of hydrogen-bond donors (Lipinski definition) is 1. The molecule has 1 aliphatic heterocycles. The fraction of sp³-hybridized carbons (Fsp3) is 0.444. The molecule has 0 aromatic carbocycles. The van der Waals surface area contributed by atoms with Crippen LogP contribution in [0.5, 0.6) is 0 Å². The van der Waals surface area contributed by atoms with E-state index in [0.717, 1.165) is 12.4 Å². The molecule has 3 rings (SSSR count). The molecule has 162 valence electrons. The predicted octanol–water partition coefficient (Wildman–Crippen LogP) is 1.74. The summed E-state index contributed by atoms with van der Waals surface area (Å²) in [5.41, 5.74) is 4.57. The largest absolute Gasteiger partial charge is 0.445 e. The number of amides is 2. The van der Waals surface area contributed by atoms with E-state index in [1.54, 1.807) is 39.8 Å². The minimum atomic E-state index is -4.48. The molecule has 1 unspecified atom stereocenters. The number of carbonyl (C=O) groups is 2. The first-order chi connectivity index (χ1) is 14.1. The summed E-state index contributed by atoms with van der Waals surface area (Å²) in [7, 11) is 0. The van der Waals surface area contributed by atoms with Gasteiger partial charge in [0, 0.05) is 51.0 Å². The van der Waals surface area contributed by atoms with Crippen molar-refractivity contribution in [2.24, 2.45) is 5.73 Å². The summed E-state index contributed by atoms with van der Waals surface area (Å²) < 4.78 is 44.5. The molecule has 1 saturated heterocycles. The summed E-state index contributed by atoms with van der Waals surface area (Å²) >= 11 is 0. The SMILES string of the molecule is CC(Cn1ccc(C(=O)N2CCN(c3ncc(C(F)(F)F)cn3)CC2)c1)OC(N)=O. The number of piperazine rings is 1. The average Bonchev–Trinajstić information content (AvgIpc) is 3.14. The third kappa shape index (κ3) is 5.19. The molecular weight excluding hydrogens is 405 g/mol. The Balaban J connectivity index is 1.55. The second kappa shape index (κ2) is 8.59. The molecule has 2 N–H and O–H groups in total. The van der Waals surface area contributed by atoms with Gasteiger partial charge in [-0.1, -0.05) is 0 Å². The zero-order valence-electron chi connectivity index (χ0n) is 16.2. The van der Waals surface area contributed by atoms with Crippen molar-refractivity contribution in [2.75, 3.05) is 31.1 Å². The highest BCUT2D eigenvalue weighted by Crippen LogP contribution is 2.28. The van der Waals surface area contributed by atoms with E-state index in [1.807, 2.05) is 0 Å². The molecule has 1 aliphatic rings. The van der Waals surface area contributed by atoms with E-state index in [0.29, 0.717) is 38.3 Å². The second-order valence-corrected chi connectivity index (χ2v) is 6.89. The fourth-order valence-corrected chi connectivity index (χ4v) is 3.14. The van der Waals surface area contributed by atoms with Crippen molar-refractivity contribution in [3.05, 3.63) is 42.0 Å². The van der Waals surface area contributed by atoms with E-state index in [2.05, 4.69) is 9.97 Å². The number of ether oxygens (including phenoxy) is 1. The molecule has 0 aliphatic carbocycles. The highest BCUT2D eigenvalue weighted by atomic mass is 19.4. The summed E-state index contributed by atoms with van der Waals surface area (Å²) in [6.45, 7) is 3.62. The smallest absolute Gasteiger partial charge is 0.419 e. The van der Waals surface area contributed by atoms with Crippen molar-refractivity contribution >= 4 is 17.9 Å². The molecule has 1 atom stereocenters. The van der Waals surface area contributed by atoms with Gasteiger partial charge in [0.1, 0.15) is 6.10 Å². The zero-order chi connectivity index (χ0) is 21.9. The van der Waals surface area contributed by atoms with E-state index in [1.165, 1.54) is 0 Å². The van der Waals surface area contributed by atoms with Crippen LogP contribution in [0.3, 0.4) is 0 Å². The van der Waals surface area contributed by atoms with Crippen LogP contribution in [-0.4, -0.2) is 63.7 Å². The van der Waals surface area contributed by atoms with Gasteiger partial charge in [-0.25, -0.2) is 14.8 Å². The number of primary amides is 1. The van der Waals surface area contributed by atoms with Crippen LogP contribution >= 0.6 is 0 Å². The van der Waals surface area contributed by atoms with Gasteiger partial charge in [-0.3, -0.25) is 4.79 Å². The lowest BCUT2D eigenvalue weighted by Gasteiger charge is -2.34. The normalized spacial score (nSPS) is 15.7. The standard InChI is InChI=1S/C18H21F3N6O3/c1-12(30-16(22)29)10-25-3-2-13(11-25)15(28)26-4-6-27(7-5-26)17-23-8-14(9-24-17)18(19,20)21/h2-3,8-9,11-12H,4-7,10H2,1H3,(H2,22,29). The molecule has 12 heteroatoms. The van der Waals surface area contributed by atoms with Crippen molar-refractivity contribution in [2.45, 2.75) is 25.7 Å². The zero-order valence-corrected chi connectivity index (χ0v) is 16.2. The molecular formula is C18H21F3N6O3. The quantitative estimate of drug-likeness (QED) is 0.781. The third-order valence-electron chi connectivity index (χ3n) is 4.60. The number of rotatable bonds is 5. The van der Waals surface area contributed by atoms with Gasteiger partial charge < -0.3 is 24.8 Å². The summed E-state index contributed by atoms with van der Waals surface area (Å²) in [5, 5.41) is 0. The van der Waals surface area contributed by atoms with Crippen molar-refractivity contribution in [1.29, 1.82) is 0 Å². The molecule has 2 amide bonds. The maximum absolute atomic E-state index is 12.7. The van der Waals surface area contributed by atoms with Gasteiger partial charge in [0.15, 0.2) is 0 Å². The Kier molecular flexibility index (Phi) is 6.13. The highest BCUT2D eigenvalue weighted by Gasteiger charge is 2.32. The maximum Gasteiger partial charge on any atom is 0.419 e. The topological polar surface area (TPSA) is 107 Å². The first kappa shape index (κ1) is 21.4. The Labute approximate surface area is 170 Å². The number of nitrogens with zero attached hydrogens (tertiary/aromatic N) is 5. The molecule has 0 bridgehead atoms. The number of halogens is 3. The van der Waals surface area contributed by atoms with Crippen LogP contribution in [0.1, 0.15) is 22.8 Å². The van der Waals surface area contributed by atoms with E-state index in [-0.39, 0.29) is 11.9 Å². The van der Waals surface area contributed by atoms with Crippen LogP contribution in [0.15, 0.2) is 30.9 Å². The molecule has 0 spiro atoms. The Morgan fingerprint density at radius 2 is 1.83 bits per heavy atom. The summed E-state index contributed by atoms with van der Waals surface area (Å²) in [6, 6.07) is 1.67. The molecule has 0 saturated carbocycles. The van der Waals surface area contributed by atoms with Crippen LogP contribution in [0.25, 0.3) is 0 Å². The highest BCUT2D eigenvalue weighted by molar-refractivity contribution is 5.94. The molecule has 2 aromatic heterocycles. The van der Waals surface area contributed by atoms with Crippen LogP contribution in [0, 0.1) is 0 Å². The molecule has 0 radical (unpaired) electrons. The van der Waals surface area contributed by atoms with Gasteiger partial charge in [0.05, 0.1) is 17.7 Å². The fourth-order valence-electron chi connectivity index (χ4n) is 3.14. The van der Waals surface area contributed by atoms with E-state index in [9.17, 15) is 22.8 Å². The Morgan fingerprint density at radius 1 is 1.20 bits per heavy atom. The molecule has 3 heterocycles. The Bertz CT molecular complexity index is 891. The Hall–Kier alpha value is -3.31.